The number of benzene rings is 1. The molecular formula is C35H54N8O12. The van der Waals surface area contributed by atoms with E-state index in [2.05, 4.69) is 31.9 Å². The van der Waals surface area contributed by atoms with Crippen molar-refractivity contribution < 1.29 is 58.8 Å². The zero-order chi connectivity index (χ0) is 41.2. The number of nitrogens with two attached hydrogens (primary N) is 1. The van der Waals surface area contributed by atoms with Crippen LogP contribution >= 0.6 is 0 Å². The summed E-state index contributed by atoms with van der Waals surface area (Å²) in [5.41, 5.74) is 6.57. The summed E-state index contributed by atoms with van der Waals surface area (Å²) in [5.74, 6) is -6.21. The smallest absolute Gasteiger partial charge is 0.326 e. The van der Waals surface area contributed by atoms with Gasteiger partial charge >= 0.3 is 29.9 Å². The normalized spacial score (nSPS) is 12.2. The lowest BCUT2D eigenvalue weighted by atomic mass is 10.1. The van der Waals surface area contributed by atoms with Crippen LogP contribution in [0.1, 0.15) is 106 Å². The number of carboxylic acid groups (broad SMARTS) is 4. The van der Waals surface area contributed by atoms with E-state index in [4.69, 9.17) is 21.4 Å². The number of unbranched alkanes of at least 4 members (excludes halogenated alkanes) is 5. The molecule has 13 N–H and O–H groups in total. The topological polar surface area (TPSA) is 340 Å². The number of carbonyl (C=O) groups is 8. The first-order valence-electron chi connectivity index (χ1n) is 18.1. The number of aliphatic carboxylic acids is 4. The predicted molar refractivity (Wildman–Crippen MR) is 197 cm³/mol. The van der Waals surface area contributed by atoms with Crippen molar-refractivity contribution in [3.05, 3.63) is 35.4 Å². The minimum absolute atomic E-state index is 0.00681. The van der Waals surface area contributed by atoms with E-state index in [-0.39, 0.29) is 62.3 Å². The van der Waals surface area contributed by atoms with Crippen LogP contribution < -0.4 is 37.6 Å². The fraction of sp³-hybridized carbons (Fsp3) is 0.571. The van der Waals surface area contributed by atoms with Crippen molar-refractivity contribution in [3.8, 4) is 0 Å². The van der Waals surface area contributed by atoms with E-state index in [0.29, 0.717) is 70.0 Å². The van der Waals surface area contributed by atoms with Gasteiger partial charge in [0.1, 0.15) is 18.1 Å². The molecule has 1 aromatic carbocycles. The molecule has 20 nitrogen and oxygen atoms in total. The maximum atomic E-state index is 12.4. The first kappa shape index (κ1) is 47.1. The zero-order valence-electron chi connectivity index (χ0n) is 30.7. The Morgan fingerprint density at radius 2 is 1.05 bits per heavy atom. The summed E-state index contributed by atoms with van der Waals surface area (Å²) >= 11 is 0. The van der Waals surface area contributed by atoms with Crippen molar-refractivity contribution >= 4 is 53.6 Å². The molecule has 1 rings (SSSR count). The van der Waals surface area contributed by atoms with Gasteiger partial charge in [0.15, 0.2) is 5.96 Å². The van der Waals surface area contributed by atoms with Gasteiger partial charge in [0.2, 0.25) is 11.8 Å². The Balaban J connectivity index is 2.19. The van der Waals surface area contributed by atoms with E-state index in [1.54, 1.807) is 24.3 Å². The highest BCUT2D eigenvalue weighted by atomic mass is 16.4. The number of hydrogen-bond donors (Lipinski definition) is 12. The van der Waals surface area contributed by atoms with Crippen LogP contribution in [0, 0.1) is 5.41 Å². The van der Waals surface area contributed by atoms with Crippen molar-refractivity contribution in [3.63, 3.8) is 0 Å². The van der Waals surface area contributed by atoms with Crippen LogP contribution in [0.2, 0.25) is 0 Å². The van der Waals surface area contributed by atoms with Crippen LogP contribution in [0.3, 0.4) is 0 Å². The molecule has 1 aromatic rings. The van der Waals surface area contributed by atoms with Crippen LogP contribution in [0.4, 0.5) is 4.79 Å². The molecule has 0 aliphatic carbocycles. The summed E-state index contributed by atoms with van der Waals surface area (Å²) in [4.78, 5) is 94.0. The van der Waals surface area contributed by atoms with Crippen LogP contribution in [0.5, 0.6) is 0 Å². The molecule has 0 fully saturated rings. The van der Waals surface area contributed by atoms with Gasteiger partial charge in [-0.05, 0) is 75.5 Å². The standard InChI is InChI=1S/C35H54N8O12/c36-34(37)40-21-22-13-15-23(16-14-22)30(48)39-20-8-6-9-24(31(49)50)41-28(45)12-4-2-1-3-11-27(44)38-19-7-5-10-25(32(51)52)42-35(55)43-26(33(53)54)17-18-29(46)47/h13-16,24-26H,1-12,17-21H2,(H,38,44)(H,39,48)(H,41,45)(H,46,47)(H,49,50)(H,51,52)(H,53,54)(H4,36,37,40)(H2,42,43,55)/t24?,25-,26-/m0/s1. The lowest BCUT2D eigenvalue weighted by Crippen LogP contribution is -2.51. The summed E-state index contributed by atoms with van der Waals surface area (Å²) < 4.78 is 0. The summed E-state index contributed by atoms with van der Waals surface area (Å²) in [7, 11) is 0. The van der Waals surface area contributed by atoms with Crippen molar-refractivity contribution in [1.82, 2.24) is 31.9 Å². The van der Waals surface area contributed by atoms with Gasteiger partial charge in [-0.2, -0.15) is 0 Å². The molecule has 0 aliphatic heterocycles. The Morgan fingerprint density at radius 1 is 0.564 bits per heavy atom. The van der Waals surface area contributed by atoms with Crippen molar-refractivity contribution in [2.75, 3.05) is 13.1 Å². The monoisotopic (exact) mass is 778 g/mol. The molecular weight excluding hydrogens is 724 g/mol. The van der Waals surface area contributed by atoms with Crippen molar-refractivity contribution in [1.29, 1.82) is 5.41 Å². The molecule has 0 radical (unpaired) electrons. The Bertz CT molecular complexity index is 1460. The molecule has 306 valence electrons. The summed E-state index contributed by atoms with van der Waals surface area (Å²) in [6.07, 6.45) is 3.81. The van der Waals surface area contributed by atoms with Gasteiger partial charge in [-0.15, -0.1) is 0 Å². The quantitative estimate of drug-likeness (QED) is 0.0305. The number of carboxylic acids is 4. The Hall–Kier alpha value is -5.95. The minimum atomic E-state index is -1.50. The Morgan fingerprint density at radius 3 is 1.56 bits per heavy atom. The molecule has 0 aliphatic rings. The SMILES string of the molecule is N=C(N)NCc1ccc(C(=O)NCCCCC(NC(=O)CCCCCCC(=O)NCCCC[C@H](NC(=O)N[C@@H](CCC(=O)O)C(=O)O)C(=O)O)C(=O)O)cc1. The highest BCUT2D eigenvalue weighted by molar-refractivity contribution is 5.94. The largest absolute Gasteiger partial charge is 0.481 e. The van der Waals surface area contributed by atoms with E-state index in [0.717, 1.165) is 5.56 Å². The molecule has 0 saturated heterocycles. The first-order chi connectivity index (χ1) is 26.1. The van der Waals surface area contributed by atoms with Gasteiger partial charge in [-0.3, -0.25) is 24.6 Å². The van der Waals surface area contributed by atoms with E-state index >= 15 is 0 Å². The first-order valence-corrected chi connectivity index (χ1v) is 18.1. The number of amides is 5. The Kier molecular flexibility index (Phi) is 22.9. The average Bonchev–Trinajstić information content (AvgIpc) is 3.12. The molecule has 55 heavy (non-hydrogen) atoms. The number of rotatable bonds is 29. The molecule has 3 atom stereocenters. The predicted octanol–water partition coefficient (Wildman–Crippen LogP) is 0.837. The van der Waals surface area contributed by atoms with Gasteiger partial charge in [-0.1, -0.05) is 25.0 Å². The number of guanidine groups is 1. The van der Waals surface area contributed by atoms with E-state index in [1.165, 1.54) is 0 Å². The number of urea groups is 1. The van der Waals surface area contributed by atoms with Gasteiger partial charge < -0.3 is 58.1 Å². The fourth-order valence-electron chi connectivity index (χ4n) is 5.13. The number of hydrogen-bond acceptors (Lipinski definition) is 9. The molecule has 0 aromatic heterocycles. The second kappa shape index (κ2) is 26.8. The molecule has 0 spiro atoms. The van der Waals surface area contributed by atoms with Crippen LogP contribution in [-0.4, -0.2) is 105 Å². The van der Waals surface area contributed by atoms with Gasteiger partial charge in [0.05, 0.1) is 0 Å². The second-order valence-corrected chi connectivity index (χ2v) is 12.8. The molecule has 0 heterocycles. The third-order valence-electron chi connectivity index (χ3n) is 8.19. The van der Waals surface area contributed by atoms with Crippen molar-refractivity contribution in [2.45, 2.75) is 115 Å². The highest BCUT2D eigenvalue weighted by Gasteiger charge is 2.25. The van der Waals surface area contributed by atoms with E-state index in [1.807, 2.05) is 0 Å². The van der Waals surface area contributed by atoms with Gasteiger partial charge in [0.25, 0.3) is 5.91 Å². The molecule has 0 bridgehead atoms. The lowest BCUT2D eigenvalue weighted by molar-refractivity contribution is -0.142. The molecule has 5 amide bonds. The molecule has 20 heteroatoms. The summed E-state index contributed by atoms with van der Waals surface area (Å²) in [5, 5.41) is 58.9. The van der Waals surface area contributed by atoms with Crippen molar-refractivity contribution in [2.24, 2.45) is 5.73 Å². The highest BCUT2D eigenvalue weighted by Crippen LogP contribution is 2.09. The van der Waals surface area contributed by atoms with E-state index < -0.39 is 54.5 Å². The maximum Gasteiger partial charge on any atom is 0.326 e. The summed E-state index contributed by atoms with van der Waals surface area (Å²) in [6, 6.07) is 1.85. The number of carbonyl (C=O) groups excluding carboxylic acids is 4. The van der Waals surface area contributed by atoms with Crippen LogP contribution in [0.15, 0.2) is 24.3 Å². The summed E-state index contributed by atoms with van der Waals surface area (Å²) in [6.45, 7) is 0.962. The third-order valence-corrected chi connectivity index (χ3v) is 8.19. The van der Waals surface area contributed by atoms with Crippen LogP contribution in [0.25, 0.3) is 0 Å². The second-order valence-electron chi connectivity index (χ2n) is 12.8. The fourth-order valence-corrected chi connectivity index (χ4v) is 5.13. The maximum absolute atomic E-state index is 12.4. The van der Waals surface area contributed by atoms with Gasteiger partial charge in [-0.25, -0.2) is 19.2 Å². The Labute approximate surface area is 318 Å². The third kappa shape index (κ3) is 22.7. The minimum Gasteiger partial charge on any atom is -0.481 e. The lowest BCUT2D eigenvalue weighted by Gasteiger charge is -2.18. The zero-order valence-corrected chi connectivity index (χ0v) is 30.7. The van der Waals surface area contributed by atoms with Crippen LogP contribution in [-0.2, 0) is 35.3 Å². The average molecular weight is 779 g/mol. The number of nitrogens with one attached hydrogen (secondary N) is 7. The molecule has 1 unspecified atom stereocenters. The van der Waals surface area contributed by atoms with E-state index in [9.17, 15) is 48.6 Å². The molecule has 0 saturated carbocycles. The van der Waals surface area contributed by atoms with Gasteiger partial charge in [0, 0.05) is 44.5 Å².